The molecule has 0 aromatic carbocycles. The maximum atomic E-state index is 4.55. The van der Waals surface area contributed by atoms with Gasteiger partial charge >= 0.3 is 0 Å². The lowest BCUT2D eigenvalue weighted by atomic mass is 10.3. The van der Waals surface area contributed by atoms with Crippen LogP contribution in [0.5, 0.6) is 0 Å². The molecule has 0 spiro atoms. The number of nitrogens with zero attached hydrogens (tertiary/aromatic N) is 5. The predicted molar refractivity (Wildman–Crippen MR) is 109 cm³/mol. The smallest absolute Gasteiger partial charge is 0.191 e. The molecular weight excluding hydrogens is 429 g/mol. The summed E-state index contributed by atoms with van der Waals surface area (Å²) in [5.41, 5.74) is 1.81. The molecule has 0 bridgehead atoms. The minimum Gasteiger partial charge on any atom is -0.357 e. The number of pyridine rings is 2. The summed E-state index contributed by atoms with van der Waals surface area (Å²) >= 11 is 0. The van der Waals surface area contributed by atoms with Crippen molar-refractivity contribution in [1.82, 2.24) is 30.2 Å². The predicted octanol–water partition coefficient (Wildman–Crippen LogP) is 2.04. The average Bonchev–Trinajstić information content (AvgIpc) is 3.04. The van der Waals surface area contributed by atoms with Crippen molar-refractivity contribution in [2.75, 3.05) is 13.1 Å². The molecule has 0 aliphatic rings. The first-order valence-corrected chi connectivity index (χ1v) is 8.07. The molecule has 2 N–H and O–H groups in total. The molecule has 0 amide bonds. The molecule has 25 heavy (non-hydrogen) atoms. The topological polar surface area (TPSA) is 79.5 Å². The number of halogens is 1. The van der Waals surface area contributed by atoms with E-state index in [1.807, 2.05) is 53.9 Å². The van der Waals surface area contributed by atoms with E-state index in [0.717, 1.165) is 42.6 Å². The van der Waals surface area contributed by atoms with Crippen LogP contribution < -0.4 is 10.6 Å². The van der Waals surface area contributed by atoms with Crippen molar-refractivity contribution in [3.63, 3.8) is 0 Å². The summed E-state index contributed by atoms with van der Waals surface area (Å²) in [6.07, 6.45) is 4.52. The van der Waals surface area contributed by atoms with Crippen LogP contribution in [0.2, 0.25) is 0 Å². The Morgan fingerprint density at radius 3 is 2.80 bits per heavy atom. The highest BCUT2D eigenvalue weighted by Gasteiger charge is 2.05. The third-order valence-corrected chi connectivity index (χ3v) is 3.49. The second kappa shape index (κ2) is 9.92. The first-order chi connectivity index (χ1) is 11.9. The van der Waals surface area contributed by atoms with Crippen LogP contribution in [-0.4, -0.2) is 38.6 Å². The van der Waals surface area contributed by atoms with Crippen LogP contribution in [0.3, 0.4) is 0 Å². The summed E-state index contributed by atoms with van der Waals surface area (Å²) in [4.78, 5) is 8.84. The van der Waals surface area contributed by atoms with Crippen LogP contribution in [0.4, 0.5) is 0 Å². The first-order valence-electron chi connectivity index (χ1n) is 8.07. The van der Waals surface area contributed by atoms with E-state index in [1.165, 1.54) is 0 Å². The lowest BCUT2D eigenvalue weighted by Gasteiger charge is -2.10. The van der Waals surface area contributed by atoms with E-state index in [0.29, 0.717) is 6.54 Å². The van der Waals surface area contributed by atoms with E-state index in [1.54, 1.807) is 6.20 Å². The van der Waals surface area contributed by atoms with Crippen LogP contribution in [0.25, 0.3) is 5.65 Å². The van der Waals surface area contributed by atoms with E-state index >= 15 is 0 Å². The number of aromatic nitrogens is 4. The summed E-state index contributed by atoms with van der Waals surface area (Å²) in [6.45, 7) is 4.12. The number of rotatable bonds is 6. The molecule has 0 saturated carbocycles. The van der Waals surface area contributed by atoms with Crippen molar-refractivity contribution in [2.45, 2.75) is 19.9 Å². The molecule has 3 aromatic rings. The van der Waals surface area contributed by atoms with Crippen molar-refractivity contribution < 1.29 is 0 Å². The molecule has 0 radical (unpaired) electrons. The zero-order chi connectivity index (χ0) is 16.6. The van der Waals surface area contributed by atoms with Crippen molar-refractivity contribution in [3.05, 3.63) is 60.3 Å². The molecule has 8 heteroatoms. The number of fused-ring (bicyclic) bond motifs is 1. The van der Waals surface area contributed by atoms with Gasteiger partial charge in [0.25, 0.3) is 0 Å². The maximum absolute atomic E-state index is 4.55. The minimum absolute atomic E-state index is 0. The molecule has 0 fully saturated rings. The quantitative estimate of drug-likeness (QED) is 0.341. The molecular formula is C17H22IN7. The highest BCUT2D eigenvalue weighted by Crippen LogP contribution is 2.02. The zero-order valence-corrected chi connectivity index (χ0v) is 16.4. The van der Waals surface area contributed by atoms with Crippen LogP contribution in [0.15, 0.2) is 53.8 Å². The van der Waals surface area contributed by atoms with E-state index in [2.05, 4.69) is 30.8 Å². The fourth-order valence-electron chi connectivity index (χ4n) is 2.35. The molecule has 0 atom stereocenters. The standard InChI is InChI=1S/C17H21N7.HI/c1-2-18-17(21-13-14-7-3-5-10-19-14)20-11-9-16-23-22-15-8-4-6-12-24(15)16;/h3-8,10,12H,2,9,11,13H2,1H3,(H2,18,20,21);1H. The highest BCUT2D eigenvalue weighted by atomic mass is 127. The van der Waals surface area contributed by atoms with Crippen molar-refractivity contribution in [2.24, 2.45) is 4.99 Å². The summed E-state index contributed by atoms with van der Waals surface area (Å²) in [7, 11) is 0. The van der Waals surface area contributed by atoms with Crippen LogP contribution in [-0.2, 0) is 13.0 Å². The van der Waals surface area contributed by atoms with Gasteiger partial charge in [-0.05, 0) is 31.2 Å². The molecule has 0 saturated heterocycles. The van der Waals surface area contributed by atoms with Gasteiger partial charge < -0.3 is 10.6 Å². The van der Waals surface area contributed by atoms with Crippen LogP contribution in [0.1, 0.15) is 18.4 Å². The Bertz CT molecular complexity index is 801. The fraction of sp³-hybridized carbons (Fsp3) is 0.294. The van der Waals surface area contributed by atoms with Gasteiger partial charge in [-0.25, -0.2) is 4.99 Å². The van der Waals surface area contributed by atoms with Crippen molar-refractivity contribution in [3.8, 4) is 0 Å². The largest absolute Gasteiger partial charge is 0.357 e. The van der Waals surface area contributed by atoms with Crippen LogP contribution >= 0.6 is 24.0 Å². The van der Waals surface area contributed by atoms with Crippen molar-refractivity contribution in [1.29, 1.82) is 0 Å². The van der Waals surface area contributed by atoms with Gasteiger partial charge in [0.05, 0.1) is 12.2 Å². The van der Waals surface area contributed by atoms with E-state index in [-0.39, 0.29) is 24.0 Å². The monoisotopic (exact) mass is 451 g/mol. The number of guanidine groups is 1. The average molecular weight is 451 g/mol. The SMILES string of the molecule is CCNC(=NCc1ccccn1)NCCc1nnc2ccccn12.I. The Morgan fingerprint density at radius 1 is 1.12 bits per heavy atom. The fourth-order valence-corrected chi connectivity index (χ4v) is 2.35. The maximum Gasteiger partial charge on any atom is 0.191 e. The third kappa shape index (κ3) is 5.38. The van der Waals surface area contributed by atoms with Gasteiger partial charge in [0.15, 0.2) is 11.6 Å². The summed E-state index contributed by atoms with van der Waals surface area (Å²) in [5, 5.41) is 15.0. The third-order valence-electron chi connectivity index (χ3n) is 3.49. The first kappa shape index (κ1) is 19.1. The van der Waals surface area contributed by atoms with Gasteiger partial charge in [0.2, 0.25) is 0 Å². The molecule has 3 rings (SSSR count). The lowest BCUT2D eigenvalue weighted by Crippen LogP contribution is -2.38. The summed E-state index contributed by atoms with van der Waals surface area (Å²) < 4.78 is 2.00. The van der Waals surface area contributed by atoms with Gasteiger partial charge in [-0.3, -0.25) is 9.38 Å². The lowest BCUT2D eigenvalue weighted by molar-refractivity contribution is 0.762. The normalized spacial score (nSPS) is 11.2. The summed E-state index contributed by atoms with van der Waals surface area (Å²) in [5.74, 6) is 1.70. The Labute approximate surface area is 164 Å². The molecule has 3 heterocycles. The van der Waals surface area contributed by atoms with Gasteiger partial charge in [0, 0.05) is 31.9 Å². The second-order valence-electron chi connectivity index (χ2n) is 5.24. The van der Waals surface area contributed by atoms with Gasteiger partial charge in [-0.1, -0.05) is 12.1 Å². The van der Waals surface area contributed by atoms with Gasteiger partial charge in [-0.15, -0.1) is 34.2 Å². The van der Waals surface area contributed by atoms with E-state index < -0.39 is 0 Å². The zero-order valence-electron chi connectivity index (χ0n) is 14.1. The van der Waals surface area contributed by atoms with Crippen LogP contribution in [0, 0.1) is 0 Å². The molecule has 3 aromatic heterocycles. The molecule has 132 valence electrons. The molecule has 0 unspecified atom stereocenters. The number of hydrogen-bond acceptors (Lipinski definition) is 4. The number of nitrogens with one attached hydrogen (secondary N) is 2. The molecule has 7 nitrogen and oxygen atoms in total. The van der Waals surface area contributed by atoms with Gasteiger partial charge in [0.1, 0.15) is 5.82 Å². The Kier molecular flexibility index (Phi) is 7.58. The molecule has 0 aliphatic carbocycles. The van der Waals surface area contributed by atoms with Crippen molar-refractivity contribution >= 4 is 35.6 Å². The minimum atomic E-state index is 0. The Morgan fingerprint density at radius 2 is 2.00 bits per heavy atom. The number of hydrogen-bond donors (Lipinski definition) is 2. The second-order valence-corrected chi connectivity index (χ2v) is 5.24. The molecule has 0 aliphatic heterocycles. The number of aliphatic imine (C=N–C) groups is 1. The Balaban J connectivity index is 0.00000225. The van der Waals surface area contributed by atoms with E-state index in [9.17, 15) is 0 Å². The van der Waals surface area contributed by atoms with E-state index in [4.69, 9.17) is 0 Å². The highest BCUT2D eigenvalue weighted by molar-refractivity contribution is 14.0. The Hall–Kier alpha value is -2.23. The van der Waals surface area contributed by atoms with Gasteiger partial charge in [-0.2, -0.15) is 0 Å². The summed E-state index contributed by atoms with van der Waals surface area (Å²) in [6, 6.07) is 11.7.